The number of nitrogens with zero attached hydrogens (tertiary/aromatic N) is 2. The number of halogens is 5. The number of hydrogen-bond acceptors (Lipinski definition) is 4. The molecule has 5 nitrogen and oxygen atoms in total. The maximum atomic E-state index is 13.4. The number of thiocarbonyl (C=S) groups is 1. The molecular weight excluding hydrogens is 367 g/mol. The molecule has 1 aliphatic heterocycles. The lowest BCUT2D eigenvalue weighted by Gasteiger charge is -2.26. The second-order valence-corrected chi connectivity index (χ2v) is 5.47. The van der Waals surface area contributed by atoms with Crippen LogP contribution in [0.1, 0.15) is 5.56 Å². The van der Waals surface area contributed by atoms with Crippen LogP contribution in [0.5, 0.6) is 0 Å². The highest BCUT2D eigenvalue weighted by Crippen LogP contribution is 2.21. The van der Waals surface area contributed by atoms with Crippen molar-refractivity contribution < 1.29 is 26.7 Å². The molecule has 1 heterocycles. The summed E-state index contributed by atoms with van der Waals surface area (Å²) < 4.78 is 71.1. The van der Waals surface area contributed by atoms with E-state index in [1.807, 2.05) is 0 Å². The van der Waals surface area contributed by atoms with Crippen molar-refractivity contribution in [2.75, 3.05) is 39.4 Å². The number of nitrogens with one attached hydrogen (secondary N) is 2. The third kappa shape index (κ3) is 5.06. The molecule has 0 amide bonds. The van der Waals surface area contributed by atoms with Crippen molar-refractivity contribution in [2.24, 2.45) is 5.10 Å². The fourth-order valence-electron chi connectivity index (χ4n) is 2.08. The molecule has 1 saturated heterocycles. The molecule has 1 aromatic rings. The molecule has 0 aliphatic carbocycles. The van der Waals surface area contributed by atoms with Crippen molar-refractivity contribution in [1.82, 2.24) is 15.6 Å². The first-order valence-electron chi connectivity index (χ1n) is 7.30. The van der Waals surface area contributed by atoms with E-state index in [1.165, 1.54) is 0 Å². The third-order valence-electron chi connectivity index (χ3n) is 3.42. The summed E-state index contributed by atoms with van der Waals surface area (Å²) in [7, 11) is 0. The van der Waals surface area contributed by atoms with E-state index in [0.717, 1.165) is 13.1 Å². The van der Waals surface area contributed by atoms with Gasteiger partial charge >= 0.3 is 0 Å². The van der Waals surface area contributed by atoms with Gasteiger partial charge in [-0.05, 0) is 12.2 Å². The first-order chi connectivity index (χ1) is 11.9. The maximum absolute atomic E-state index is 13.4. The highest BCUT2D eigenvalue weighted by Gasteiger charge is 2.24. The molecule has 1 fully saturated rings. The Balaban J connectivity index is 1.85. The van der Waals surface area contributed by atoms with Crippen LogP contribution in [0.3, 0.4) is 0 Å². The van der Waals surface area contributed by atoms with E-state index in [2.05, 4.69) is 20.7 Å². The Morgan fingerprint density at radius 3 is 2.20 bits per heavy atom. The molecule has 138 valence electrons. The van der Waals surface area contributed by atoms with Crippen LogP contribution in [-0.2, 0) is 4.74 Å². The minimum Gasteiger partial charge on any atom is -0.379 e. The van der Waals surface area contributed by atoms with E-state index >= 15 is 0 Å². The van der Waals surface area contributed by atoms with Crippen molar-refractivity contribution in [3.63, 3.8) is 0 Å². The SMILES string of the molecule is Fc1c(F)c(F)c(/C=N/NC(=S)NCCN2CCOCC2)c(F)c1F. The summed E-state index contributed by atoms with van der Waals surface area (Å²) in [5, 5.41) is 6.25. The lowest BCUT2D eigenvalue weighted by molar-refractivity contribution is 0.0389. The Morgan fingerprint density at radius 1 is 1.04 bits per heavy atom. The van der Waals surface area contributed by atoms with Crippen LogP contribution in [0, 0.1) is 29.1 Å². The third-order valence-corrected chi connectivity index (χ3v) is 3.66. The van der Waals surface area contributed by atoms with Gasteiger partial charge in [0.05, 0.1) is 25.0 Å². The van der Waals surface area contributed by atoms with Gasteiger partial charge in [-0.2, -0.15) is 5.10 Å². The van der Waals surface area contributed by atoms with Gasteiger partial charge in [-0.15, -0.1) is 0 Å². The fraction of sp³-hybridized carbons (Fsp3) is 0.429. The van der Waals surface area contributed by atoms with Gasteiger partial charge in [-0.1, -0.05) is 0 Å². The Hall–Kier alpha value is -1.85. The number of rotatable bonds is 5. The average Bonchev–Trinajstić information content (AvgIpc) is 2.62. The standard InChI is InChI=1S/C14H15F5N4OS/c15-9-8(10(16)12(18)13(19)11(9)17)7-21-22-14(25)20-1-2-23-3-5-24-6-4-23/h7H,1-6H2,(H2,20,22,25)/b21-7+. The van der Waals surface area contributed by atoms with Crippen molar-refractivity contribution in [2.45, 2.75) is 0 Å². The molecule has 2 N–H and O–H groups in total. The van der Waals surface area contributed by atoms with Gasteiger partial charge in [0.15, 0.2) is 28.4 Å². The first kappa shape index (κ1) is 19.5. The largest absolute Gasteiger partial charge is 0.379 e. The van der Waals surface area contributed by atoms with Crippen LogP contribution in [0.2, 0.25) is 0 Å². The van der Waals surface area contributed by atoms with Crippen LogP contribution >= 0.6 is 12.2 Å². The Bertz CT molecular complexity index is 638. The molecule has 25 heavy (non-hydrogen) atoms. The van der Waals surface area contributed by atoms with Crippen LogP contribution in [-0.4, -0.2) is 55.6 Å². The molecule has 2 rings (SSSR count). The molecule has 0 saturated carbocycles. The lowest BCUT2D eigenvalue weighted by Crippen LogP contribution is -2.42. The summed E-state index contributed by atoms with van der Waals surface area (Å²) in [4.78, 5) is 2.15. The smallest absolute Gasteiger partial charge is 0.200 e. The Morgan fingerprint density at radius 2 is 1.60 bits per heavy atom. The highest BCUT2D eigenvalue weighted by molar-refractivity contribution is 7.80. The quantitative estimate of drug-likeness (QED) is 0.202. The van der Waals surface area contributed by atoms with E-state index in [-0.39, 0.29) is 5.11 Å². The molecule has 0 atom stereocenters. The molecule has 0 bridgehead atoms. The number of morpholine rings is 1. The van der Waals surface area contributed by atoms with Crippen LogP contribution < -0.4 is 10.7 Å². The molecule has 0 aromatic heterocycles. The number of hydrogen-bond donors (Lipinski definition) is 2. The van der Waals surface area contributed by atoms with Crippen LogP contribution in [0.15, 0.2) is 5.10 Å². The molecule has 0 spiro atoms. The second-order valence-electron chi connectivity index (χ2n) is 5.06. The van der Waals surface area contributed by atoms with E-state index in [1.54, 1.807) is 0 Å². The van der Waals surface area contributed by atoms with E-state index in [4.69, 9.17) is 17.0 Å². The molecule has 0 unspecified atom stereocenters. The molecular formula is C14H15F5N4OS. The maximum Gasteiger partial charge on any atom is 0.200 e. The van der Waals surface area contributed by atoms with Gasteiger partial charge in [-0.3, -0.25) is 10.3 Å². The van der Waals surface area contributed by atoms with Gasteiger partial charge in [0.2, 0.25) is 5.82 Å². The predicted octanol–water partition coefficient (Wildman–Crippen LogP) is 1.51. The van der Waals surface area contributed by atoms with Gasteiger partial charge in [0.25, 0.3) is 0 Å². The summed E-state index contributed by atoms with van der Waals surface area (Å²) in [6.45, 7) is 4.13. The Labute approximate surface area is 145 Å². The van der Waals surface area contributed by atoms with Gasteiger partial charge < -0.3 is 10.1 Å². The lowest BCUT2D eigenvalue weighted by atomic mass is 10.2. The minimum atomic E-state index is -2.22. The molecule has 0 radical (unpaired) electrons. The monoisotopic (exact) mass is 382 g/mol. The van der Waals surface area contributed by atoms with Crippen molar-refractivity contribution >= 4 is 23.5 Å². The van der Waals surface area contributed by atoms with E-state index < -0.39 is 34.6 Å². The Kier molecular flexibility index (Phi) is 7.02. The fourth-order valence-corrected chi connectivity index (χ4v) is 2.24. The van der Waals surface area contributed by atoms with Gasteiger partial charge in [-0.25, -0.2) is 22.0 Å². The van der Waals surface area contributed by atoms with Gasteiger partial charge in [0, 0.05) is 26.2 Å². The number of ether oxygens (including phenoxy) is 1. The summed E-state index contributed by atoms with van der Waals surface area (Å²) in [5.74, 6) is -10.2. The average molecular weight is 382 g/mol. The van der Waals surface area contributed by atoms with Crippen molar-refractivity contribution in [3.8, 4) is 0 Å². The summed E-state index contributed by atoms with van der Waals surface area (Å²) >= 11 is 4.90. The highest BCUT2D eigenvalue weighted by atomic mass is 32.1. The van der Waals surface area contributed by atoms with E-state index in [0.29, 0.717) is 32.5 Å². The molecule has 11 heteroatoms. The normalized spacial score (nSPS) is 15.6. The summed E-state index contributed by atoms with van der Waals surface area (Å²) in [6, 6.07) is 0. The van der Waals surface area contributed by atoms with Crippen molar-refractivity contribution in [3.05, 3.63) is 34.6 Å². The van der Waals surface area contributed by atoms with Gasteiger partial charge in [0.1, 0.15) is 0 Å². The molecule has 1 aliphatic rings. The van der Waals surface area contributed by atoms with Crippen LogP contribution in [0.25, 0.3) is 0 Å². The van der Waals surface area contributed by atoms with Crippen molar-refractivity contribution in [1.29, 1.82) is 0 Å². The number of benzene rings is 1. The zero-order chi connectivity index (χ0) is 18.4. The first-order valence-corrected chi connectivity index (χ1v) is 7.71. The number of hydrazone groups is 1. The second kappa shape index (κ2) is 9.02. The zero-order valence-electron chi connectivity index (χ0n) is 12.9. The zero-order valence-corrected chi connectivity index (χ0v) is 13.7. The summed E-state index contributed by atoms with van der Waals surface area (Å²) in [6.07, 6.45) is 0.478. The summed E-state index contributed by atoms with van der Waals surface area (Å²) in [5.41, 5.74) is 1.10. The molecule has 1 aromatic carbocycles. The van der Waals surface area contributed by atoms with Crippen LogP contribution in [0.4, 0.5) is 22.0 Å². The minimum absolute atomic E-state index is 0.0494. The predicted molar refractivity (Wildman–Crippen MR) is 84.8 cm³/mol. The van der Waals surface area contributed by atoms with E-state index in [9.17, 15) is 22.0 Å². The topological polar surface area (TPSA) is 48.9 Å².